The van der Waals surface area contributed by atoms with Gasteiger partial charge >= 0.3 is 5.97 Å². The zero-order chi connectivity index (χ0) is 31.8. The van der Waals surface area contributed by atoms with Crippen molar-refractivity contribution in [2.24, 2.45) is 0 Å². The Hall–Kier alpha value is -1.24. The second kappa shape index (κ2) is 12.4. The third kappa shape index (κ3) is 8.44. The number of carbonyl (C=O) groups is 1. The van der Waals surface area contributed by atoms with Crippen LogP contribution in [0.4, 0.5) is 0 Å². The van der Waals surface area contributed by atoms with Crippen LogP contribution in [0.5, 0.6) is 0 Å². The lowest BCUT2D eigenvalue weighted by Gasteiger charge is -2.48. The molecule has 0 radical (unpaired) electrons. The number of rotatable bonds is 9. The summed E-state index contributed by atoms with van der Waals surface area (Å²) in [5.41, 5.74) is 1.14. The van der Waals surface area contributed by atoms with Gasteiger partial charge < -0.3 is 22.8 Å². The molecule has 9 heteroatoms. The quantitative estimate of drug-likeness (QED) is 0.202. The maximum absolute atomic E-state index is 12.8. The van der Waals surface area contributed by atoms with Gasteiger partial charge in [0, 0.05) is 5.56 Å². The molecule has 0 aromatic heterocycles. The summed E-state index contributed by atoms with van der Waals surface area (Å²) in [6.07, 6.45) is 0.887. The Bertz CT molecular complexity index is 1090. The van der Waals surface area contributed by atoms with Crippen LogP contribution in [-0.2, 0) is 22.8 Å². The van der Waals surface area contributed by atoms with Crippen molar-refractivity contribution < 1.29 is 27.5 Å². The Morgan fingerprint density at radius 3 is 1.76 bits per heavy atom. The van der Waals surface area contributed by atoms with Crippen molar-refractivity contribution in [3.8, 4) is 0 Å². The molecule has 0 N–H and O–H groups in total. The van der Waals surface area contributed by atoms with Crippen LogP contribution in [0.2, 0.25) is 54.4 Å². The maximum atomic E-state index is 12.8. The molecule has 41 heavy (non-hydrogen) atoms. The summed E-state index contributed by atoms with van der Waals surface area (Å²) < 4.78 is 33.0. The fourth-order valence-corrected chi connectivity index (χ4v) is 7.35. The number of benzene rings is 1. The Morgan fingerprint density at radius 2 is 1.27 bits per heavy atom. The van der Waals surface area contributed by atoms with Crippen LogP contribution in [0.25, 0.3) is 5.76 Å². The van der Waals surface area contributed by atoms with Crippen molar-refractivity contribution in [3.05, 3.63) is 41.5 Å². The molecule has 0 saturated heterocycles. The average molecular weight is 623 g/mol. The highest BCUT2D eigenvalue weighted by Gasteiger charge is 2.49. The zero-order valence-corrected chi connectivity index (χ0v) is 31.8. The average Bonchev–Trinajstić information content (AvgIpc) is 2.81. The van der Waals surface area contributed by atoms with Gasteiger partial charge in [-0.3, -0.25) is 0 Å². The third-order valence-corrected chi connectivity index (χ3v) is 23.2. The van der Waals surface area contributed by atoms with Crippen LogP contribution in [0.1, 0.15) is 78.2 Å². The third-order valence-electron chi connectivity index (χ3n) is 9.77. The Labute approximate surface area is 253 Å². The van der Waals surface area contributed by atoms with E-state index in [0.29, 0.717) is 23.5 Å². The highest BCUT2D eigenvalue weighted by Crippen LogP contribution is 2.44. The molecule has 1 aliphatic heterocycles. The first-order valence-electron chi connectivity index (χ1n) is 14.9. The highest BCUT2D eigenvalue weighted by atomic mass is 28.4. The van der Waals surface area contributed by atoms with Crippen molar-refractivity contribution in [1.29, 1.82) is 0 Å². The summed E-state index contributed by atoms with van der Waals surface area (Å²) in [5, 5.41) is 0.0450. The molecule has 0 bridgehead atoms. The molecule has 0 fully saturated rings. The molecular weight excluding hydrogens is 565 g/mol. The molecule has 2 rings (SSSR count). The van der Waals surface area contributed by atoms with E-state index in [0.717, 1.165) is 0 Å². The predicted molar refractivity (Wildman–Crippen MR) is 178 cm³/mol. The summed E-state index contributed by atoms with van der Waals surface area (Å²) in [6, 6.07) is 7.43. The molecule has 0 amide bonds. The van der Waals surface area contributed by atoms with Crippen molar-refractivity contribution in [1.82, 2.24) is 0 Å². The molecule has 0 saturated carbocycles. The lowest BCUT2D eigenvalue weighted by Crippen LogP contribution is -2.58. The van der Waals surface area contributed by atoms with Crippen LogP contribution in [-0.4, -0.2) is 63.0 Å². The van der Waals surface area contributed by atoms with Crippen LogP contribution in [0.3, 0.4) is 0 Å². The lowest BCUT2D eigenvalue weighted by atomic mass is 9.99. The SMILES string of the molecule is COC(=O)c1ccccc1C1=C[C@@H](O[Si](C)(C)C(C)(C)C)[C@H](O[Si](C)(C)C(C)(C)C)[C@@H](CO[Si](C)(C)C(C)(C)C)O1. The summed E-state index contributed by atoms with van der Waals surface area (Å²) in [6.45, 7) is 34.2. The topological polar surface area (TPSA) is 63.2 Å². The standard InChI is InChI=1S/C32H58O6Si3/c1-30(2,3)39(11,12)35-22-27-28(38-41(15,16)32(7,8)9)26(37-40(13,14)31(4,5)6)21-25(36-27)23-19-17-18-20-24(23)29(33)34-10/h17-21,26-28H,22H2,1-16H3/t26-,27-,28+/m1/s1. The van der Waals surface area contributed by atoms with E-state index < -0.39 is 37.0 Å². The highest BCUT2D eigenvalue weighted by molar-refractivity contribution is 6.75. The van der Waals surface area contributed by atoms with E-state index in [-0.39, 0.29) is 27.3 Å². The first kappa shape index (κ1) is 36.0. The molecule has 1 heterocycles. The fourth-order valence-electron chi connectivity index (χ4n) is 3.78. The van der Waals surface area contributed by atoms with Gasteiger partial charge in [0.05, 0.1) is 25.4 Å². The van der Waals surface area contributed by atoms with Crippen molar-refractivity contribution >= 4 is 36.7 Å². The molecule has 234 valence electrons. The number of carbonyl (C=O) groups excluding carboxylic acids is 1. The van der Waals surface area contributed by atoms with E-state index in [1.165, 1.54) is 7.11 Å². The Balaban J connectivity index is 2.74. The second-order valence-corrected chi connectivity index (χ2v) is 30.3. The molecule has 1 aromatic rings. The summed E-state index contributed by atoms with van der Waals surface area (Å²) in [4.78, 5) is 12.8. The van der Waals surface area contributed by atoms with E-state index >= 15 is 0 Å². The van der Waals surface area contributed by atoms with Gasteiger partial charge in [-0.15, -0.1) is 0 Å². The predicted octanol–water partition coefficient (Wildman–Crippen LogP) is 9.02. The molecule has 3 atom stereocenters. The number of hydrogen-bond acceptors (Lipinski definition) is 6. The van der Waals surface area contributed by atoms with Crippen LogP contribution >= 0.6 is 0 Å². The van der Waals surface area contributed by atoms with E-state index in [1.807, 2.05) is 24.3 Å². The smallest absolute Gasteiger partial charge is 0.338 e. The van der Waals surface area contributed by atoms with Crippen LogP contribution in [0.15, 0.2) is 30.3 Å². The lowest BCUT2D eigenvalue weighted by molar-refractivity contribution is -0.0592. The van der Waals surface area contributed by atoms with E-state index in [4.69, 9.17) is 22.8 Å². The van der Waals surface area contributed by atoms with E-state index in [2.05, 4.69) is 102 Å². The van der Waals surface area contributed by atoms with Gasteiger partial charge in [0.25, 0.3) is 0 Å². The minimum atomic E-state index is -2.24. The first-order chi connectivity index (χ1) is 18.3. The molecule has 0 aliphatic carbocycles. The summed E-state index contributed by atoms with van der Waals surface area (Å²) in [7, 11) is -5.17. The van der Waals surface area contributed by atoms with Gasteiger partial charge in [-0.2, -0.15) is 0 Å². The number of esters is 1. The summed E-state index contributed by atoms with van der Waals surface area (Å²) >= 11 is 0. The number of ether oxygens (including phenoxy) is 2. The molecule has 0 unspecified atom stereocenters. The molecule has 1 aliphatic rings. The van der Waals surface area contributed by atoms with Gasteiger partial charge in [-0.1, -0.05) is 80.5 Å². The minimum absolute atomic E-state index is 0.000830. The molecule has 6 nitrogen and oxygen atoms in total. The largest absolute Gasteiger partial charge is 0.485 e. The first-order valence-corrected chi connectivity index (χ1v) is 23.6. The Kier molecular flexibility index (Phi) is 10.9. The molecule has 1 aromatic carbocycles. The van der Waals surface area contributed by atoms with Crippen molar-refractivity contribution in [2.45, 2.75) is 135 Å². The van der Waals surface area contributed by atoms with E-state index in [1.54, 1.807) is 6.07 Å². The Morgan fingerprint density at radius 1 is 0.780 bits per heavy atom. The van der Waals surface area contributed by atoms with E-state index in [9.17, 15) is 4.79 Å². The zero-order valence-electron chi connectivity index (χ0n) is 28.8. The minimum Gasteiger partial charge on any atom is -0.485 e. The molecular formula is C32H58O6Si3. The van der Waals surface area contributed by atoms with Crippen molar-refractivity contribution in [3.63, 3.8) is 0 Å². The summed E-state index contributed by atoms with van der Waals surface area (Å²) in [5.74, 6) is 0.203. The second-order valence-electron chi connectivity index (χ2n) is 16.0. The fraction of sp³-hybridized carbons (Fsp3) is 0.719. The van der Waals surface area contributed by atoms with Gasteiger partial charge in [0.2, 0.25) is 0 Å². The van der Waals surface area contributed by atoms with Crippen LogP contribution in [0, 0.1) is 0 Å². The maximum Gasteiger partial charge on any atom is 0.338 e. The monoisotopic (exact) mass is 622 g/mol. The van der Waals surface area contributed by atoms with Crippen LogP contribution < -0.4 is 0 Å². The van der Waals surface area contributed by atoms with Gasteiger partial charge in [0.15, 0.2) is 25.0 Å². The van der Waals surface area contributed by atoms with Gasteiger partial charge in [-0.25, -0.2) is 4.79 Å². The van der Waals surface area contributed by atoms with Gasteiger partial charge in [-0.05, 0) is 66.5 Å². The number of hydrogen-bond donors (Lipinski definition) is 0. The van der Waals surface area contributed by atoms with Crippen molar-refractivity contribution in [2.75, 3.05) is 13.7 Å². The van der Waals surface area contributed by atoms with Gasteiger partial charge in [0.1, 0.15) is 18.0 Å². The molecule has 0 spiro atoms. The number of methoxy groups -OCH3 is 1. The normalized spacial score (nSPS) is 21.3.